The number of aromatic amines is 1. The fourth-order valence-corrected chi connectivity index (χ4v) is 4.78. The molecule has 4 heterocycles. The maximum absolute atomic E-state index is 13.2. The summed E-state index contributed by atoms with van der Waals surface area (Å²) in [5.41, 5.74) is 2.64. The third kappa shape index (κ3) is 4.17. The lowest BCUT2D eigenvalue weighted by molar-refractivity contribution is 0.0515. The topological polar surface area (TPSA) is 95.3 Å². The van der Waals surface area contributed by atoms with Crippen LogP contribution in [0, 0.1) is 12.7 Å². The van der Waals surface area contributed by atoms with Gasteiger partial charge in [-0.25, -0.2) is 9.37 Å². The number of piperazine rings is 1. The van der Waals surface area contributed by atoms with E-state index in [0.29, 0.717) is 43.3 Å². The number of halogens is 1. The summed E-state index contributed by atoms with van der Waals surface area (Å²) in [5.74, 6) is -0.364. The lowest BCUT2D eigenvalue weighted by atomic mass is 10.2. The number of rotatable bonds is 4. The number of carbonyl (C=O) groups is 2. The van der Waals surface area contributed by atoms with E-state index in [2.05, 4.69) is 15.2 Å². The van der Waals surface area contributed by atoms with Crippen molar-refractivity contribution in [3.8, 4) is 21.1 Å². The largest absolute Gasteiger partial charge is 0.459 e. The van der Waals surface area contributed by atoms with Gasteiger partial charge in [-0.05, 0) is 49.4 Å². The smallest absolute Gasteiger partial charge is 0.289 e. The van der Waals surface area contributed by atoms with Crippen molar-refractivity contribution < 1.29 is 18.4 Å². The molecule has 0 bridgehead atoms. The number of aryl methyl sites for hydroxylation is 1. The molecule has 1 aliphatic heterocycles. The average Bonchev–Trinajstić information content (AvgIpc) is 3.60. The van der Waals surface area contributed by atoms with Crippen LogP contribution in [-0.2, 0) is 0 Å². The summed E-state index contributed by atoms with van der Waals surface area (Å²) in [7, 11) is 0. The van der Waals surface area contributed by atoms with E-state index in [4.69, 9.17) is 4.42 Å². The first-order valence-electron chi connectivity index (χ1n) is 10.4. The third-order valence-corrected chi connectivity index (χ3v) is 6.76. The standard InChI is InChI=1S/C23H20FN5O3S/c1-14-20(33-21(25-14)15-4-6-16(24)7-5-15)17-13-18(27-26-17)22(30)28-8-10-29(11-9-28)23(31)19-3-2-12-32-19/h2-7,12-13H,8-11H2,1H3,(H,26,27). The summed E-state index contributed by atoms with van der Waals surface area (Å²) in [6.07, 6.45) is 1.47. The lowest BCUT2D eigenvalue weighted by Gasteiger charge is -2.33. The first-order valence-corrected chi connectivity index (χ1v) is 11.2. The minimum absolute atomic E-state index is 0.174. The molecule has 1 saturated heterocycles. The van der Waals surface area contributed by atoms with Gasteiger partial charge in [-0.2, -0.15) is 5.10 Å². The Bertz CT molecular complexity index is 1290. The van der Waals surface area contributed by atoms with Crippen molar-refractivity contribution in [2.75, 3.05) is 26.2 Å². The molecule has 1 aliphatic rings. The van der Waals surface area contributed by atoms with Crippen LogP contribution in [-0.4, -0.2) is 63.0 Å². The van der Waals surface area contributed by atoms with Gasteiger partial charge in [-0.1, -0.05) is 0 Å². The zero-order valence-electron chi connectivity index (χ0n) is 17.7. The number of hydrogen-bond acceptors (Lipinski definition) is 6. The van der Waals surface area contributed by atoms with E-state index in [-0.39, 0.29) is 17.6 Å². The molecule has 0 saturated carbocycles. The number of amides is 2. The van der Waals surface area contributed by atoms with E-state index in [1.807, 2.05) is 6.92 Å². The molecule has 33 heavy (non-hydrogen) atoms. The molecule has 0 aliphatic carbocycles. The van der Waals surface area contributed by atoms with Gasteiger partial charge >= 0.3 is 0 Å². The second-order valence-corrected chi connectivity index (χ2v) is 8.67. The van der Waals surface area contributed by atoms with Gasteiger partial charge in [0.15, 0.2) is 11.5 Å². The van der Waals surface area contributed by atoms with Crippen LogP contribution in [0.2, 0.25) is 0 Å². The lowest BCUT2D eigenvalue weighted by Crippen LogP contribution is -2.50. The fraction of sp³-hybridized carbons (Fsp3) is 0.217. The first-order chi connectivity index (χ1) is 16.0. The Morgan fingerprint density at radius 2 is 1.76 bits per heavy atom. The van der Waals surface area contributed by atoms with Crippen LogP contribution in [0.3, 0.4) is 0 Å². The van der Waals surface area contributed by atoms with E-state index in [0.717, 1.165) is 21.1 Å². The van der Waals surface area contributed by atoms with E-state index in [1.165, 1.54) is 29.7 Å². The number of nitrogens with one attached hydrogen (secondary N) is 1. The first kappa shape index (κ1) is 21.1. The molecule has 3 aromatic heterocycles. The quantitative estimate of drug-likeness (QED) is 0.494. The van der Waals surface area contributed by atoms with Crippen molar-refractivity contribution in [3.63, 3.8) is 0 Å². The van der Waals surface area contributed by atoms with Gasteiger partial charge in [-0.15, -0.1) is 11.3 Å². The highest BCUT2D eigenvalue weighted by atomic mass is 32.1. The molecular formula is C23H20FN5O3S. The van der Waals surface area contributed by atoms with Crippen molar-refractivity contribution in [1.82, 2.24) is 25.0 Å². The highest BCUT2D eigenvalue weighted by Crippen LogP contribution is 2.34. The minimum atomic E-state index is -0.296. The van der Waals surface area contributed by atoms with Gasteiger partial charge in [0.05, 0.1) is 22.5 Å². The molecule has 0 spiro atoms. The molecule has 2 amide bonds. The predicted octanol–water partition coefficient (Wildman–Crippen LogP) is 3.84. The highest BCUT2D eigenvalue weighted by molar-refractivity contribution is 7.18. The van der Waals surface area contributed by atoms with E-state index in [1.54, 1.807) is 40.1 Å². The molecule has 1 aromatic carbocycles. The van der Waals surface area contributed by atoms with Gasteiger partial charge in [0.25, 0.3) is 11.8 Å². The highest BCUT2D eigenvalue weighted by Gasteiger charge is 2.28. The number of H-pyrrole nitrogens is 1. The normalized spacial score (nSPS) is 14.0. The number of nitrogens with zero attached hydrogens (tertiary/aromatic N) is 4. The van der Waals surface area contributed by atoms with Gasteiger partial charge in [-0.3, -0.25) is 14.7 Å². The summed E-state index contributed by atoms with van der Waals surface area (Å²) in [6.45, 7) is 3.58. The second-order valence-electron chi connectivity index (χ2n) is 7.67. The summed E-state index contributed by atoms with van der Waals surface area (Å²) < 4.78 is 18.4. The number of furan rings is 1. The molecule has 1 fully saturated rings. The molecule has 168 valence electrons. The summed E-state index contributed by atoms with van der Waals surface area (Å²) in [6, 6.07) is 11.2. The van der Waals surface area contributed by atoms with Crippen molar-refractivity contribution in [2.24, 2.45) is 0 Å². The van der Waals surface area contributed by atoms with Crippen LogP contribution in [0.1, 0.15) is 26.7 Å². The van der Waals surface area contributed by atoms with Crippen LogP contribution in [0.4, 0.5) is 4.39 Å². The maximum Gasteiger partial charge on any atom is 0.289 e. The fourth-order valence-electron chi connectivity index (χ4n) is 3.74. The van der Waals surface area contributed by atoms with Crippen molar-refractivity contribution in [3.05, 3.63) is 71.7 Å². The Hall–Kier alpha value is -3.79. The van der Waals surface area contributed by atoms with Crippen LogP contribution in [0.15, 0.2) is 53.1 Å². The molecule has 0 atom stereocenters. The Morgan fingerprint density at radius 3 is 2.42 bits per heavy atom. The Balaban J connectivity index is 1.27. The third-order valence-electron chi connectivity index (χ3n) is 5.52. The summed E-state index contributed by atoms with van der Waals surface area (Å²) in [5, 5.41) is 7.92. The Kier molecular flexibility index (Phi) is 5.51. The molecule has 4 aromatic rings. The molecule has 10 heteroatoms. The Morgan fingerprint density at radius 1 is 1.06 bits per heavy atom. The van der Waals surface area contributed by atoms with Crippen LogP contribution >= 0.6 is 11.3 Å². The zero-order chi connectivity index (χ0) is 22.9. The molecule has 8 nitrogen and oxygen atoms in total. The molecule has 0 unspecified atom stereocenters. The van der Waals surface area contributed by atoms with E-state index >= 15 is 0 Å². The summed E-state index contributed by atoms with van der Waals surface area (Å²) >= 11 is 1.45. The van der Waals surface area contributed by atoms with Gasteiger partial charge in [0.1, 0.15) is 10.8 Å². The predicted molar refractivity (Wildman–Crippen MR) is 120 cm³/mol. The summed E-state index contributed by atoms with van der Waals surface area (Å²) in [4.78, 5) is 34.2. The Labute approximate surface area is 192 Å². The average molecular weight is 466 g/mol. The molecule has 1 N–H and O–H groups in total. The SMILES string of the molecule is Cc1nc(-c2ccc(F)cc2)sc1-c1cc(C(=O)N2CCN(C(=O)c3ccco3)CC2)n[nH]1. The van der Waals surface area contributed by atoms with Gasteiger partial charge < -0.3 is 14.2 Å². The zero-order valence-corrected chi connectivity index (χ0v) is 18.6. The molecule has 0 radical (unpaired) electrons. The van der Waals surface area contributed by atoms with Gasteiger partial charge in [0.2, 0.25) is 0 Å². The number of hydrogen-bond donors (Lipinski definition) is 1. The van der Waals surface area contributed by atoms with Crippen LogP contribution in [0.5, 0.6) is 0 Å². The monoisotopic (exact) mass is 465 g/mol. The second kappa shape index (κ2) is 8.62. The van der Waals surface area contributed by atoms with Gasteiger partial charge in [0, 0.05) is 31.7 Å². The molecular weight excluding hydrogens is 445 g/mol. The maximum atomic E-state index is 13.2. The van der Waals surface area contributed by atoms with E-state index in [9.17, 15) is 14.0 Å². The molecule has 5 rings (SSSR count). The number of aromatic nitrogens is 3. The van der Waals surface area contributed by atoms with Crippen molar-refractivity contribution >= 4 is 23.2 Å². The number of benzene rings is 1. The number of thiazole rings is 1. The van der Waals surface area contributed by atoms with Crippen LogP contribution < -0.4 is 0 Å². The van der Waals surface area contributed by atoms with Crippen LogP contribution in [0.25, 0.3) is 21.1 Å². The minimum Gasteiger partial charge on any atom is -0.459 e. The van der Waals surface area contributed by atoms with Crippen molar-refractivity contribution in [1.29, 1.82) is 0 Å². The van der Waals surface area contributed by atoms with Crippen molar-refractivity contribution in [2.45, 2.75) is 6.92 Å². The number of carbonyl (C=O) groups excluding carboxylic acids is 2. The van der Waals surface area contributed by atoms with E-state index < -0.39 is 0 Å².